The number of benzene rings is 2. The molecule has 33 heavy (non-hydrogen) atoms. The van der Waals surface area contributed by atoms with Crippen LogP contribution in [0.2, 0.25) is 0 Å². The van der Waals surface area contributed by atoms with Gasteiger partial charge in [0.25, 0.3) is 5.91 Å². The highest BCUT2D eigenvalue weighted by Gasteiger charge is 2.18. The van der Waals surface area contributed by atoms with Crippen LogP contribution in [0.4, 0.5) is 17.2 Å². The zero-order valence-electron chi connectivity index (χ0n) is 18.6. The van der Waals surface area contributed by atoms with Crippen molar-refractivity contribution >= 4 is 23.1 Å². The number of anilines is 3. The average Bonchev–Trinajstić information content (AvgIpc) is 3.11. The maximum Gasteiger partial charge on any atom is 0.257 e. The number of carbonyl (C=O) groups is 1. The van der Waals surface area contributed by atoms with Gasteiger partial charge in [-0.3, -0.25) is 4.79 Å². The lowest BCUT2D eigenvalue weighted by Gasteiger charge is -2.12. The van der Waals surface area contributed by atoms with Gasteiger partial charge in [-0.25, -0.2) is 4.98 Å². The monoisotopic (exact) mass is 439 g/mol. The van der Waals surface area contributed by atoms with Crippen molar-refractivity contribution in [2.45, 2.75) is 26.9 Å². The number of carbonyl (C=O) groups excluding carboxylic acids is 1. The molecule has 0 radical (unpaired) electrons. The summed E-state index contributed by atoms with van der Waals surface area (Å²) >= 11 is 0. The van der Waals surface area contributed by atoms with Crippen LogP contribution in [0.25, 0.3) is 0 Å². The molecule has 0 bridgehead atoms. The van der Waals surface area contributed by atoms with E-state index >= 15 is 0 Å². The maximum atomic E-state index is 13.0. The summed E-state index contributed by atoms with van der Waals surface area (Å²) < 4.78 is 8.07. The number of amides is 1. The molecule has 4 aromatic rings. The molecule has 4 N–H and O–H groups in total. The van der Waals surface area contributed by atoms with Gasteiger partial charge in [0.2, 0.25) is 0 Å². The molecule has 7 nitrogen and oxygen atoms in total. The molecular weight excluding hydrogens is 414 g/mol. The molecule has 1 aliphatic heterocycles. The number of hydrogen-bond acceptors (Lipinski definition) is 5. The summed E-state index contributed by atoms with van der Waals surface area (Å²) in [5, 5.41) is 6.47. The smallest absolute Gasteiger partial charge is 0.257 e. The molecule has 1 amide bonds. The Morgan fingerprint density at radius 3 is 2.70 bits per heavy atom. The molecule has 0 unspecified atom stereocenters. The lowest BCUT2D eigenvalue weighted by atomic mass is 10.1. The Labute approximate surface area is 192 Å². The van der Waals surface area contributed by atoms with Crippen LogP contribution in [-0.2, 0) is 13.1 Å². The van der Waals surface area contributed by atoms with Crippen molar-refractivity contribution < 1.29 is 9.53 Å². The van der Waals surface area contributed by atoms with E-state index in [1.54, 1.807) is 6.07 Å². The number of ether oxygens (including phenoxy) is 1. The highest BCUT2D eigenvalue weighted by molar-refractivity contribution is 6.05. The lowest BCUT2D eigenvalue weighted by molar-refractivity contribution is 0.102. The summed E-state index contributed by atoms with van der Waals surface area (Å²) in [5.41, 5.74) is 11.9. The van der Waals surface area contributed by atoms with Crippen molar-refractivity contribution in [1.29, 1.82) is 0 Å². The molecule has 0 spiro atoms. The molecule has 3 heterocycles. The predicted molar refractivity (Wildman–Crippen MR) is 130 cm³/mol. The lowest BCUT2D eigenvalue weighted by Crippen LogP contribution is -2.14. The summed E-state index contributed by atoms with van der Waals surface area (Å²) in [6.07, 6.45) is 1.89. The Kier molecular flexibility index (Phi) is 5.22. The Bertz CT molecular complexity index is 1320. The first-order valence-electron chi connectivity index (χ1n) is 10.8. The number of nitrogens with one attached hydrogen (secondary N) is 2. The summed E-state index contributed by atoms with van der Waals surface area (Å²) in [6, 6.07) is 19.4. The van der Waals surface area contributed by atoms with Crippen LogP contribution >= 0.6 is 0 Å². The van der Waals surface area contributed by atoms with E-state index in [1.807, 2.05) is 68.6 Å². The Morgan fingerprint density at radius 1 is 1.09 bits per heavy atom. The van der Waals surface area contributed by atoms with E-state index in [2.05, 4.69) is 26.3 Å². The minimum atomic E-state index is -0.167. The fraction of sp³-hybridized carbons (Fsp3) is 0.154. The Hall–Kier alpha value is -4.26. The molecule has 2 aromatic heterocycles. The molecule has 1 aliphatic rings. The fourth-order valence-electron chi connectivity index (χ4n) is 4.13. The van der Waals surface area contributed by atoms with Crippen LogP contribution in [-0.4, -0.2) is 15.5 Å². The third-order valence-corrected chi connectivity index (χ3v) is 5.76. The average molecular weight is 440 g/mol. The highest BCUT2D eigenvalue weighted by atomic mass is 16.5. The fourth-order valence-corrected chi connectivity index (χ4v) is 4.13. The zero-order valence-corrected chi connectivity index (χ0v) is 18.6. The first-order valence-corrected chi connectivity index (χ1v) is 10.8. The number of rotatable bonds is 4. The van der Waals surface area contributed by atoms with Crippen LogP contribution in [0.1, 0.15) is 32.9 Å². The molecule has 0 atom stereocenters. The quantitative estimate of drug-likeness (QED) is 0.411. The van der Waals surface area contributed by atoms with Crippen molar-refractivity contribution in [3.8, 4) is 11.5 Å². The normalized spacial score (nSPS) is 12.2. The third kappa shape index (κ3) is 4.25. The van der Waals surface area contributed by atoms with Gasteiger partial charge in [-0.15, -0.1) is 0 Å². The molecular formula is C26H25N5O2. The second-order valence-electron chi connectivity index (χ2n) is 8.21. The number of nitrogens with zero attached hydrogens (tertiary/aromatic N) is 2. The van der Waals surface area contributed by atoms with E-state index in [0.717, 1.165) is 34.0 Å². The molecule has 0 saturated heterocycles. The van der Waals surface area contributed by atoms with Crippen LogP contribution in [0.3, 0.4) is 0 Å². The number of hydrogen-bond donors (Lipinski definition) is 3. The van der Waals surface area contributed by atoms with Gasteiger partial charge in [-0.2, -0.15) is 0 Å². The zero-order chi connectivity index (χ0) is 22.9. The minimum Gasteiger partial charge on any atom is -0.457 e. The molecule has 0 aliphatic carbocycles. The van der Waals surface area contributed by atoms with Crippen LogP contribution in [0.5, 0.6) is 11.5 Å². The van der Waals surface area contributed by atoms with Gasteiger partial charge in [0.05, 0.1) is 23.5 Å². The minimum absolute atomic E-state index is 0.167. The number of aryl methyl sites for hydroxylation is 2. The van der Waals surface area contributed by atoms with Gasteiger partial charge in [0.1, 0.15) is 17.3 Å². The van der Waals surface area contributed by atoms with Crippen molar-refractivity contribution in [3.63, 3.8) is 0 Å². The molecule has 2 aromatic carbocycles. The summed E-state index contributed by atoms with van der Waals surface area (Å²) in [7, 11) is 0. The number of nitrogens with two attached hydrogens (primary N) is 1. The van der Waals surface area contributed by atoms with Crippen molar-refractivity contribution in [1.82, 2.24) is 9.55 Å². The maximum absolute atomic E-state index is 13.0. The van der Waals surface area contributed by atoms with E-state index < -0.39 is 0 Å². The van der Waals surface area contributed by atoms with Crippen molar-refractivity contribution in [2.24, 2.45) is 0 Å². The topological polar surface area (TPSA) is 94.2 Å². The molecule has 166 valence electrons. The first-order chi connectivity index (χ1) is 16.0. The van der Waals surface area contributed by atoms with E-state index in [9.17, 15) is 4.79 Å². The van der Waals surface area contributed by atoms with Gasteiger partial charge >= 0.3 is 0 Å². The SMILES string of the molecule is Cc1cc(N)nc(C)c1NC(=O)c1cc2n(c1)Cc1ccc(Oc3ccccc3)cc1NC2. The van der Waals surface area contributed by atoms with Gasteiger partial charge in [-0.1, -0.05) is 24.3 Å². The van der Waals surface area contributed by atoms with Gasteiger partial charge in [-0.05, 0) is 55.3 Å². The highest BCUT2D eigenvalue weighted by Crippen LogP contribution is 2.30. The van der Waals surface area contributed by atoms with Crippen LogP contribution < -0.4 is 21.1 Å². The Morgan fingerprint density at radius 2 is 1.91 bits per heavy atom. The van der Waals surface area contributed by atoms with Gasteiger partial charge in [0, 0.05) is 30.2 Å². The van der Waals surface area contributed by atoms with Crippen LogP contribution in [0.15, 0.2) is 66.9 Å². The number of para-hydroxylation sites is 1. The third-order valence-electron chi connectivity index (χ3n) is 5.76. The first kappa shape index (κ1) is 20.6. The van der Waals surface area contributed by atoms with E-state index in [4.69, 9.17) is 10.5 Å². The number of fused-ring (bicyclic) bond motifs is 2. The second-order valence-corrected chi connectivity index (χ2v) is 8.21. The number of nitrogen functional groups attached to an aromatic ring is 1. The summed E-state index contributed by atoms with van der Waals surface area (Å²) in [6.45, 7) is 5.02. The number of pyridine rings is 1. The summed E-state index contributed by atoms with van der Waals surface area (Å²) in [5.74, 6) is 1.86. The summed E-state index contributed by atoms with van der Waals surface area (Å²) in [4.78, 5) is 17.2. The van der Waals surface area contributed by atoms with Crippen LogP contribution in [0, 0.1) is 13.8 Å². The van der Waals surface area contributed by atoms with Crippen molar-refractivity contribution in [3.05, 3.63) is 94.9 Å². The van der Waals surface area contributed by atoms with Crippen molar-refractivity contribution in [2.75, 3.05) is 16.4 Å². The van der Waals surface area contributed by atoms with E-state index in [0.29, 0.717) is 35.9 Å². The standard InChI is InChI=1S/C26H25N5O2/c1-16-10-24(27)29-17(2)25(16)30-26(32)19-11-20-13-28-23-12-22(33-21-6-4-3-5-7-21)9-8-18(23)14-31(20)15-19/h3-12,15,28H,13-14H2,1-2H3,(H2,27,29)(H,30,32). The molecule has 0 saturated carbocycles. The van der Waals surface area contributed by atoms with E-state index in [-0.39, 0.29) is 5.91 Å². The second kappa shape index (κ2) is 8.35. The molecule has 0 fully saturated rings. The molecule has 5 rings (SSSR count). The predicted octanol–water partition coefficient (Wildman–Crippen LogP) is 5.10. The van der Waals surface area contributed by atoms with Gasteiger partial charge in [0.15, 0.2) is 0 Å². The molecule has 7 heteroatoms. The van der Waals surface area contributed by atoms with E-state index in [1.165, 1.54) is 0 Å². The largest absolute Gasteiger partial charge is 0.457 e. The Balaban J connectivity index is 1.34. The number of aromatic nitrogens is 2. The van der Waals surface area contributed by atoms with Gasteiger partial charge < -0.3 is 25.7 Å².